The summed E-state index contributed by atoms with van der Waals surface area (Å²) in [6.45, 7) is 7.77. The number of methoxy groups -OCH3 is 3. The lowest BCUT2D eigenvalue weighted by Crippen LogP contribution is -2.36. The maximum absolute atomic E-state index is 5.48. The van der Waals surface area contributed by atoms with Gasteiger partial charge in [-0.05, 0) is 12.8 Å². The number of aliphatic imine (C=N–C) groups is 1. The average Bonchev–Trinajstić information content (AvgIpc) is 3.18. The summed E-state index contributed by atoms with van der Waals surface area (Å²) in [5.74, 6) is 3.73. The normalized spacial score (nSPS) is 11.1. The van der Waals surface area contributed by atoms with Crippen molar-refractivity contribution in [3.05, 3.63) is 35.2 Å². The van der Waals surface area contributed by atoms with Gasteiger partial charge in [-0.15, -0.1) is 24.0 Å². The smallest absolute Gasteiger partial charge is 0.191 e. The summed E-state index contributed by atoms with van der Waals surface area (Å²) in [5.41, 5.74) is 1.77. The molecule has 9 heteroatoms. The van der Waals surface area contributed by atoms with E-state index in [9.17, 15) is 0 Å². The number of guanidine groups is 1. The van der Waals surface area contributed by atoms with Crippen LogP contribution in [0.2, 0.25) is 0 Å². The molecule has 0 atom stereocenters. The molecule has 8 nitrogen and oxygen atoms in total. The van der Waals surface area contributed by atoms with E-state index in [1.54, 1.807) is 21.3 Å². The van der Waals surface area contributed by atoms with Gasteiger partial charge in [-0.2, -0.15) is 0 Å². The van der Waals surface area contributed by atoms with Crippen LogP contribution in [-0.4, -0.2) is 39.0 Å². The fourth-order valence-corrected chi connectivity index (χ4v) is 2.59. The van der Waals surface area contributed by atoms with Crippen molar-refractivity contribution in [3.63, 3.8) is 0 Å². The van der Waals surface area contributed by atoms with Crippen LogP contribution in [0.15, 0.2) is 27.7 Å². The van der Waals surface area contributed by atoms with E-state index in [1.807, 2.05) is 25.1 Å². The summed E-state index contributed by atoms with van der Waals surface area (Å²) in [5, 5.41) is 10.6. The Morgan fingerprint density at radius 2 is 1.72 bits per heavy atom. The predicted octanol–water partition coefficient (Wildman–Crippen LogP) is 3.70. The van der Waals surface area contributed by atoms with E-state index in [0.29, 0.717) is 42.2 Å². The monoisotopic (exact) mass is 518 g/mol. The Labute approximate surface area is 189 Å². The lowest BCUT2D eigenvalue weighted by atomic mass is 10.1. The molecule has 0 spiro atoms. The summed E-state index contributed by atoms with van der Waals surface area (Å²) < 4.78 is 21.6. The predicted molar refractivity (Wildman–Crippen MR) is 124 cm³/mol. The summed E-state index contributed by atoms with van der Waals surface area (Å²) in [4.78, 5) is 4.64. The molecule has 0 aliphatic rings. The zero-order chi connectivity index (χ0) is 20.5. The quantitative estimate of drug-likeness (QED) is 0.297. The van der Waals surface area contributed by atoms with Crippen LogP contribution in [0.1, 0.15) is 43.7 Å². The zero-order valence-electron chi connectivity index (χ0n) is 17.9. The van der Waals surface area contributed by atoms with Crippen LogP contribution in [0.3, 0.4) is 0 Å². The first-order valence-electron chi connectivity index (χ1n) is 9.28. The van der Waals surface area contributed by atoms with Crippen LogP contribution in [-0.2, 0) is 13.1 Å². The molecule has 29 heavy (non-hydrogen) atoms. The Morgan fingerprint density at radius 3 is 2.21 bits per heavy atom. The third kappa shape index (κ3) is 6.98. The number of hydrogen-bond acceptors (Lipinski definition) is 6. The Bertz CT molecular complexity index is 768. The first-order valence-corrected chi connectivity index (χ1v) is 9.28. The third-order valence-electron chi connectivity index (χ3n) is 4.16. The van der Waals surface area contributed by atoms with Crippen molar-refractivity contribution in [1.82, 2.24) is 15.8 Å². The van der Waals surface area contributed by atoms with Crippen LogP contribution in [0.4, 0.5) is 0 Å². The van der Waals surface area contributed by atoms with Gasteiger partial charge in [-0.1, -0.05) is 19.0 Å². The Morgan fingerprint density at radius 1 is 1.07 bits per heavy atom. The van der Waals surface area contributed by atoms with Gasteiger partial charge < -0.3 is 29.4 Å². The molecule has 162 valence electrons. The molecule has 1 heterocycles. The van der Waals surface area contributed by atoms with Crippen molar-refractivity contribution in [2.24, 2.45) is 4.99 Å². The summed E-state index contributed by atoms with van der Waals surface area (Å²) in [6.07, 6.45) is 0. The highest BCUT2D eigenvalue weighted by molar-refractivity contribution is 14.0. The number of ether oxygens (including phenoxy) is 3. The molecule has 0 bridgehead atoms. The molecule has 0 saturated carbocycles. The van der Waals surface area contributed by atoms with Crippen molar-refractivity contribution < 1.29 is 18.7 Å². The van der Waals surface area contributed by atoms with Crippen LogP contribution in [0.5, 0.6) is 17.2 Å². The fourth-order valence-electron chi connectivity index (χ4n) is 2.59. The minimum Gasteiger partial charge on any atom is -0.496 e. The second-order valence-corrected chi connectivity index (χ2v) is 6.43. The van der Waals surface area contributed by atoms with Crippen LogP contribution >= 0.6 is 24.0 Å². The Kier molecular flexibility index (Phi) is 10.6. The number of rotatable bonds is 9. The molecular formula is C20H31IN4O4. The van der Waals surface area contributed by atoms with E-state index < -0.39 is 0 Å². The van der Waals surface area contributed by atoms with Crippen molar-refractivity contribution in [2.45, 2.75) is 39.8 Å². The molecular weight excluding hydrogens is 487 g/mol. The molecule has 0 aliphatic carbocycles. The summed E-state index contributed by atoms with van der Waals surface area (Å²) in [6, 6.07) is 5.59. The maximum atomic E-state index is 5.48. The minimum atomic E-state index is 0. The molecule has 1 aromatic heterocycles. The number of nitrogens with zero attached hydrogens (tertiary/aromatic N) is 2. The van der Waals surface area contributed by atoms with Gasteiger partial charge >= 0.3 is 0 Å². The Hall–Kier alpha value is -2.17. The van der Waals surface area contributed by atoms with E-state index >= 15 is 0 Å². The van der Waals surface area contributed by atoms with Gasteiger partial charge in [-0.3, -0.25) is 0 Å². The average molecular weight is 518 g/mol. The molecule has 0 saturated heterocycles. The first kappa shape index (κ1) is 24.9. The minimum absolute atomic E-state index is 0. The molecule has 2 N–H and O–H groups in total. The van der Waals surface area contributed by atoms with E-state index in [2.05, 4.69) is 34.6 Å². The van der Waals surface area contributed by atoms with Gasteiger partial charge in [0.15, 0.2) is 11.7 Å². The van der Waals surface area contributed by atoms with E-state index in [0.717, 1.165) is 23.6 Å². The van der Waals surface area contributed by atoms with Crippen molar-refractivity contribution >= 4 is 29.9 Å². The second kappa shape index (κ2) is 12.4. The highest BCUT2D eigenvalue weighted by Crippen LogP contribution is 2.34. The standard InChI is InChI=1S/C20H30N4O4.HI/c1-7-21-20(22-11-15-8-17(13(2)3)24-28-15)23-12-16-18(26-5)9-14(25-4)10-19(16)27-6;/h8-10,13H,7,11-12H2,1-6H3,(H2,21,22,23);1H. The van der Waals surface area contributed by atoms with Crippen molar-refractivity contribution in [2.75, 3.05) is 27.9 Å². The first-order chi connectivity index (χ1) is 13.5. The molecule has 2 aromatic rings. The fraction of sp³-hybridized carbons (Fsp3) is 0.500. The van der Waals surface area contributed by atoms with Crippen LogP contribution < -0.4 is 24.8 Å². The van der Waals surface area contributed by atoms with Gasteiger partial charge in [0.1, 0.15) is 17.2 Å². The van der Waals surface area contributed by atoms with Crippen molar-refractivity contribution in [3.8, 4) is 17.2 Å². The van der Waals surface area contributed by atoms with Gasteiger partial charge in [0.2, 0.25) is 0 Å². The van der Waals surface area contributed by atoms with Crippen LogP contribution in [0, 0.1) is 0 Å². The number of aromatic nitrogens is 1. The topological polar surface area (TPSA) is 90.1 Å². The largest absolute Gasteiger partial charge is 0.496 e. The van der Waals surface area contributed by atoms with E-state index in [-0.39, 0.29) is 24.0 Å². The van der Waals surface area contributed by atoms with E-state index in [4.69, 9.17) is 18.7 Å². The van der Waals surface area contributed by atoms with Gasteiger partial charge in [-0.25, -0.2) is 4.99 Å². The molecule has 0 radical (unpaired) electrons. The van der Waals surface area contributed by atoms with Gasteiger partial charge in [0.05, 0.1) is 45.7 Å². The number of benzene rings is 1. The zero-order valence-corrected chi connectivity index (χ0v) is 20.2. The number of hydrogen-bond donors (Lipinski definition) is 2. The molecule has 0 fully saturated rings. The molecule has 0 aliphatic heterocycles. The third-order valence-corrected chi connectivity index (χ3v) is 4.16. The highest BCUT2D eigenvalue weighted by Gasteiger charge is 2.14. The maximum Gasteiger partial charge on any atom is 0.191 e. The molecule has 1 aromatic carbocycles. The van der Waals surface area contributed by atoms with Gasteiger partial charge in [0, 0.05) is 24.7 Å². The number of nitrogens with one attached hydrogen (secondary N) is 2. The van der Waals surface area contributed by atoms with Crippen molar-refractivity contribution in [1.29, 1.82) is 0 Å². The highest BCUT2D eigenvalue weighted by atomic mass is 127. The lowest BCUT2D eigenvalue weighted by molar-refractivity contribution is 0.368. The Balaban J connectivity index is 0.00000420. The molecule has 0 amide bonds. The van der Waals surface area contributed by atoms with Gasteiger partial charge in [0.25, 0.3) is 0 Å². The lowest BCUT2D eigenvalue weighted by Gasteiger charge is -2.15. The SMILES string of the molecule is CCNC(=NCc1c(OC)cc(OC)cc1OC)NCc1cc(C(C)C)no1.I. The molecule has 2 rings (SSSR count). The molecule has 0 unspecified atom stereocenters. The van der Waals surface area contributed by atoms with Crippen LogP contribution in [0.25, 0.3) is 0 Å². The van der Waals surface area contributed by atoms with E-state index in [1.165, 1.54) is 0 Å². The second-order valence-electron chi connectivity index (χ2n) is 6.43. The summed E-state index contributed by atoms with van der Waals surface area (Å²) in [7, 11) is 4.83. The number of halogens is 1. The summed E-state index contributed by atoms with van der Waals surface area (Å²) >= 11 is 0.